The van der Waals surface area contributed by atoms with Crippen molar-refractivity contribution in [2.24, 2.45) is 0 Å². The normalized spacial score (nSPS) is 16.1. The molecule has 106 valence electrons. The fraction of sp³-hybridized carbons (Fsp3) is 0.500. The molecule has 20 heavy (non-hydrogen) atoms. The number of hydrogen-bond donors (Lipinski definition) is 0. The summed E-state index contributed by atoms with van der Waals surface area (Å²) in [4.78, 5) is 18.6. The number of ether oxygens (including phenoxy) is 1. The van der Waals surface area contributed by atoms with Crippen LogP contribution in [0.5, 0.6) is 0 Å². The Labute approximate surface area is 117 Å². The Morgan fingerprint density at radius 2 is 2.05 bits per heavy atom. The summed E-state index contributed by atoms with van der Waals surface area (Å²) in [6.45, 7) is 6.60. The van der Waals surface area contributed by atoms with E-state index >= 15 is 0 Å². The number of amides is 1. The first-order valence-corrected chi connectivity index (χ1v) is 6.87. The van der Waals surface area contributed by atoms with E-state index in [4.69, 9.17) is 4.74 Å². The van der Waals surface area contributed by atoms with Crippen molar-refractivity contribution in [3.8, 4) is 0 Å². The van der Waals surface area contributed by atoms with Gasteiger partial charge in [0.05, 0.1) is 25.0 Å². The van der Waals surface area contributed by atoms with Crippen molar-refractivity contribution < 1.29 is 9.53 Å². The number of aromatic nitrogens is 3. The number of nitrogens with zero attached hydrogens (tertiary/aromatic N) is 4. The first-order chi connectivity index (χ1) is 9.66. The molecule has 2 aromatic rings. The average Bonchev–Trinajstić information content (AvgIpc) is 2.90. The van der Waals surface area contributed by atoms with Crippen LogP contribution >= 0.6 is 0 Å². The van der Waals surface area contributed by atoms with E-state index in [0.29, 0.717) is 31.9 Å². The first-order valence-electron chi connectivity index (χ1n) is 6.87. The van der Waals surface area contributed by atoms with Gasteiger partial charge in [-0.1, -0.05) is 0 Å². The maximum atomic E-state index is 12.4. The Bertz CT molecular complexity index is 629. The third-order valence-electron chi connectivity index (χ3n) is 3.47. The summed E-state index contributed by atoms with van der Waals surface area (Å²) in [6.07, 6.45) is 3.40. The van der Waals surface area contributed by atoms with Gasteiger partial charge in [0.15, 0.2) is 5.65 Å². The minimum atomic E-state index is 0.0139. The van der Waals surface area contributed by atoms with Crippen LogP contribution in [0.25, 0.3) is 11.0 Å². The molecule has 6 heteroatoms. The van der Waals surface area contributed by atoms with Crippen molar-refractivity contribution in [2.45, 2.75) is 19.9 Å². The van der Waals surface area contributed by atoms with Crippen LogP contribution in [-0.4, -0.2) is 51.9 Å². The highest BCUT2D eigenvalue weighted by molar-refractivity contribution is 5.96. The number of pyridine rings is 1. The van der Waals surface area contributed by atoms with Crippen LogP contribution in [-0.2, 0) is 4.74 Å². The van der Waals surface area contributed by atoms with Gasteiger partial charge in [-0.05, 0) is 19.9 Å². The Morgan fingerprint density at radius 1 is 1.30 bits per heavy atom. The van der Waals surface area contributed by atoms with Crippen molar-refractivity contribution in [1.82, 2.24) is 19.7 Å². The molecule has 2 aromatic heterocycles. The standard InChI is InChI=1S/C14H18N4O2/c1-10(2)18-13-11(9-16-18)7-12(8-15-13)14(19)17-3-5-20-6-4-17/h7-10H,3-6H2,1-2H3. The Balaban J connectivity index is 1.91. The minimum Gasteiger partial charge on any atom is -0.378 e. The average molecular weight is 274 g/mol. The van der Waals surface area contributed by atoms with E-state index in [1.165, 1.54) is 0 Å². The first kappa shape index (κ1) is 13.1. The number of carbonyl (C=O) groups excluding carboxylic acids is 1. The molecule has 1 fully saturated rings. The molecule has 1 aliphatic heterocycles. The third kappa shape index (κ3) is 2.27. The topological polar surface area (TPSA) is 60.2 Å². The summed E-state index contributed by atoms with van der Waals surface area (Å²) >= 11 is 0. The van der Waals surface area contributed by atoms with Crippen LogP contribution in [0.2, 0.25) is 0 Å². The largest absolute Gasteiger partial charge is 0.378 e. The molecule has 0 unspecified atom stereocenters. The van der Waals surface area contributed by atoms with Crippen molar-refractivity contribution in [3.63, 3.8) is 0 Å². The second kappa shape index (κ2) is 5.20. The quantitative estimate of drug-likeness (QED) is 0.832. The predicted molar refractivity (Wildman–Crippen MR) is 74.6 cm³/mol. The van der Waals surface area contributed by atoms with Crippen LogP contribution in [0.3, 0.4) is 0 Å². The highest BCUT2D eigenvalue weighted by Gasteiger charge is 2.19. The van der Waals surface area contributed by atoms with E-state index < -0.39 is 0 Å². The highest BCUT2D eigenvalue weighted by Crippen LogP contribution is 2.17. The van der Waals surface area contributed by atoms with Crippen LogP contribution in [0.1, 0.15) is 30.2 Å². The van der Waals surface area contributed by atoms with E-state index in [1.807, 2.05) is 10.7 Å². The summed E-state index contributed by atoms with van der Waals surface area (Å²) in [6, 6.07) is 2.12. The lowest BCUT2D eigenvalue weighted by molar-refractivity contribution is 0.0303. The van der Waals surface area contributed by atoms with Gasteiger partial charge in [0.2, 0.25) is 0 Å². The summed E-state index contributed by atoms with van der Waals surface area (Å²) in [5, 5.41) is 5.22. The molecule has 0 radical (unpaired) electrons. The van der Waals surface area contributed by atoms with E-state index in [1.54, 1.807) is 17.3 Å². The fourth-order valence-electron chi connectivity index (χ4n) is 2.38. The lowest BCUT2D eigenvalue weighted by Gasteiger charge is -2.26. The summed E-state index contributed by atoms with van der Waals surface area (Å²) in [5.41, 5.74) is 1.43. The summed E-state index contributed by atoms with van der Waals surface area (Å²) in [7, 11) is 0. The summed E-state index contributed by atoms with van der Waals surface area (Å²) < 4.78 is 7.12. The minimum absolute atomic E-state index is 0.0139. The Hall–Kier alpha value is -1.95. The van der Waals surface area contributed by atoms with Crippen LogP contribution in [0.15, 0.2) is 18.5 Å². The van der Waals surface area contributed by atoms with Crippen LogP contribution < -0.4 is 0 Å². The van der Waals surface area contributed by atoms with Gasteiger partial charge in [-0.3, -0.25) is 4.79 Å². The molecular weight excluding hydrogens is 256 g/mol. The van der Waals surface area contributed by atoms with E-state index in [-0.39, 0.29) is 11.9 Å². The third-order valence-corrected chi connectivity index (χ3v) is 3.47. The molecule has 1 aliphatic rings. The zero-order valence-electron chi connectivity index (χ0n) is 11.7. The van der Waals surface area contributed by atoms with Gasteiger partial charge in [0.25, 0.3) is 5.91 Å². The van der Waals surface area contributed by atoms with Crippen LogP contribution in [0.4, 0.5) is 0 Å². The maximum absolute atomic E-state index is 12.4. The van der Waals surface area contributed by atoms with Gasteiger partial charge in [0.1, 0.15) is 0 Å². The number of rotatable bonds is 2. The Morgan fingerprint density at radius 3 is 2.75 bits per heavy atom. The molecule has 0 spiro atoms. The molecule has 1 saturated heterocycles. The van der Waals surface area contributed by atoms with Crippen molar-refractivity contribution in [2.75, 3.05) is 26.3 Å². The van der Waals surface area contributed by atoms with E-state index in [2.05, 4.69) is 23.9 Å². The molecular formula is C14H18N4O2. The number of fused-ring (bicyclic) bond motifs is 1. The molecule has 0 atom stereocenters. The Kier molecular flexibility index (Phi) is 3.40. The van der Waals surface area contributed by atoms with Gasteiger partial charge < -0.3 is 9.64 Å². The second-order valence-electron chi connectivity index (χ2n) is 5.22. The molecule has 6 nitrogen and oxygen atoms in total. The number of carbonyl (C=O) groups is 1. The monoisotopic (exact) mass is 274 g/mol. The smallest absolute Gasteiger partial charge is 0.255 e. The number of morpholine rings is 1. The molecule has 3 heterocycles. The SMILES string of the molecule is CC(C)n1ncc2cc(C(=O)N3CCOCC3)cnc21. The maximum Gasteiger partial charge on any atom is 0.255 e. The molecule has 0 bridgehead atoms. The van der Waals surface area contributed by atoms with Crippen molar-refractivity contribution in [1.29, 1.82) is 0 Å². The van der Waals surface area contributed by atoms with Gasteiger partial charge in [-0.15, -0.1) is 0 Å². The van der Waals surface area contributed by atoms with Gasteiger partial charge in [-0.25, -0.2) is 9.67 Å². The zero-order valence-corrected chi connectivity index (χ0v) is 11.7. The molecule has 0 aromatic carbocycles. The van der Waals surface area contributed by atoms with Crippen LogP contribution in [0, 0.1) is 0 Å². The fourth-order valence-corrected chi connectivity index (χ4v) is 2.38. The van der Waals surface area contributed by atoms with E-state index in [9.17, 15) is 4.79 Å². The van der Waals surface area contributed by atoms with Gasteiger partial charge in [-0.2, -0.15) is 5.10 Å². The van der Waals surface area contributed by atoms with E-state index in [0.717, 1.165) is 11.0 Å². The lowest BCUT2D eigenvalue weighted by Crippen LogP contribution is -2.40. The molecule has 0 aliphatic carbocycles. The number of hydrogen-bond acceptors (Lipinski definition) is 4. The highest BCUT2D eigenvalue weighted by atomic mass is 16.5. The predicted octanol–water partition coefficient (Wildman–Crippen LogP) is 1.48. The molecule has 1 amide bonds. The molecule has 0 N–H and O–H groups in total. The molecule has 0 saturated carbocycles. The molecule has 3 rings (SSSR count). The lowest BCUT2D eigenvalue weighted by atomic mass is 10.2. The van der Waals surface area contributed by atoms with Gasteiger partial charge in [0, 0.05) is 30.7 Å². The van der Waals surface area contributed by atoms with Crippen molar-refractivity contribution in [3.05, 3.63) is 24.0 Å². The summed E-state index contributed by atoms with van der Waals surface area (Å²) in [5.74, 6) is 0.0139. The second-order valence-corrected chi connectivity index (χ2v) is 5.22. The van der Waals surface area contributed by atoms with Gasteiger partial charge >= 0.3 is 0 Å². The zero-order chi connectivity index (χ0) is 14.1. The van der Waals surface area contributed by atoms with Crippen molar-refractivity contribution >= 4 is 16.9 Å².